The zero-order valence-electron chi connectivity index (χ0n) is 14.3. The summed E-state index contributed by atoms with van der Waals surface area (Å²) in [5.74, 6) is 0.951. The van der Waals surface area contributed by atoms with Crippen molar-refractivity contribution in [2.45, 2.75) is 44.7 Å². The number of nitrogens with one attached hydrogen (secondary N) is 1. The topological polar surface area (TPSA) is 29.1 Å². The summed E-state index contributed by atoms with van der Waals surface area (Å²) in [5.41, 5.74) is 4.88. The van der Waals surface area contributed by atoms with Gasteiger partial charge in [-0.3, -0.25) is 4.79 Å². The molecule has 0 bridgehead atoms. The van der Waals surface area contributed by atoms with Gasteiger partial charge in [-0.1, -0.05) is 54.1 Å². The Bertz CT molecular complexity index is 654. The van der Waals surface area contributed by atoms with Crippen LogP contribution in [0.25, 0.3) is 0 Å². The second-order valence-electron chi connectivity index (χ2n) is 6.03. The Morgan fingerprint density at radius 2 is 1.78 bits per heavy atom. The van der Waals surface area contributed by atoms with E-state index in [-0.39, 0.29) is 17.2 Å². The summed E-state index contributed by atoms with van der Waals surface area (Å²) in [6.07, 6.45) is 0. The summed E-state index contributed by atoms with van der Waals surface area (Å²) < 4.78 is 0. The van der Waals surface area contributed by atoms with Crippen molar-refractivity contribution in [2.75, 3.05) is 0 Å². The second-order valence-corrected chi connectivity index (χ2v) is 7.36. The van der Waals surface area contributed by atoms with E-state index in [0.717, 1.165) is 5.75 Å². The van der Waals surface area contributed by atoms with E-state index in [9.17, 15) is 4.79 Å². The molecular weight excluding hydrogens is 302 g/mol. The average molecular weight is 327 g/mol. The van der Waals surface area contributed by atoms with Gasteiger partial charge in [0.25, 0.3) is 0 Å². The number of benzene rings is 2. The first kappa shape index (κ1) is 17.6. The Labute approximate surface area is 143 Å². The van der Waals surface area contributed by atoms with Crippen molar-refractivity contribution >= 4 is 17.7 Å². The number of carbonyl (C=O) groups is 1. The summed E-state index contributed by atoms with van der Waals surface area (Å²) in [7, 11) is 0. The van der Waals surface area contributed by atoms with Gasteiger partial charge in [0.05, 0.1) is 11.3 Å². The monoisotopic (exact) mass is 327 g/mol. The van der Waals surface area contributed by atoms with Gasteiger partial charge < -0.3 is 5.32 Å². The van der Waals surface area contributed by atoms with E-state index in [1.165, 1.54) is 22.3 Å². The maximum atomic E-state index is 12.4. The molecule has 0 fully saturated rings. The maximum absolute atomic E-state index is 12.4. The van der Waals surface area contributed by atoms with Crippen LogP contribution in [0.4, 0.5) is 0 Å². The standard InChI is InChI=1S/C20H25NOS/c1-14-10-11-15(2)19(12-14)16(3)21-20(22)17(4)23-13-18-8-6-5-7-9-18/h5-12,16-17H,13H2,1-4H3,(H,21,22)/t16-,17+/m1/s1. The van der Waals surface area contributed by atoms with E-state index in [4.69, 9.17) is 0 Å². The molecule has 2 nitrogen and oxygen atoms in total. The lowest BCUT2D eigenvalue weighted by molar-refractivity contribution is -0.120. The lowest BCUT2D eigenvalue weighted by Gasteiger charge is -2.20. The van der Waals surface area contributed by atoms with Crippen LogP contribution in [-0.4, -0.2) is 11.2 Å². The quantitative estimate of drug-likeness (QED) is 0.825. The Hall–Kier alpha value is -1.74. The molecule has 0 aliphatic rings. The minimum absolute atomic E-state index is 0.0298. The smallest absolute Gasteiger partial charge is 0.233 e. The minimum Gasteiger partial charge on any atom is -0.349 e. The van der Waals surface area contributed by atoms with E-state index < -0.39 is 0 Å². The van der Waals surface area contributed by atoms with Crippen molar-refractivity contribution in [3.63, 3.8) is 0 Å². The Morgan fingerprint density at radius 3 is 2.48 bits per heavy atom. The van der Waals surface area contributed by atoms with Gasteiger partial charge in [0.2, 0.25) is 5.91 Å². The third-order valence-corrected chi connectivity index (χ3v) is 5.19. The molecule has 0 unspecified atom stereocenters. The van der Waals surface area contributed by atoms with E-state index in [2.05, 4.69) is 49.5 Å². The highest BCUT2D eigenvalue weighted by molar-refractivity contribution is 7.99. The number of hydrogen-bond acceptors (Lipinski definition) is 2. The molecule has 0 saturated heterocycles. The largest absolute Gasteiger partial charge is 0.349 e. The molecule has 2 aromatic rings. The number of rotatable bonds is 6. The Balaban J connectivity index is 1.91. The van der Waals surface area contributed by atoms with Crippen LogP contribution < -0.4 is 5.32 Å². The zero-order valence-corrected chi connectivity index (χ0v) is 15.1. The van der Waals surface area contributed by atoms with Crippen LogP contribution in [0, 0.1) is 13.8 Å². The summed E-state index contributed by atoms with van der Waals surface area (Å²) in [5, 5.41) is 3.07. The fourth-order valence-electron chi connectivity index (χ4n) is 2.51. The molecule has 0 spiro atoms. The molecule has 0 saturated carbocycles. The third kappa shape index (κ3) is 5.14. The van der Waals surface area contributed by atoms with Crippen LogP contribution in [0.1, 0.15) is 42.1 Å². The number of thioether (sulfide) groups is 1. The summed E-state index contributed by atoms with van der Waals surface area (Å²) >= 11 is 1.67. The highest BCUT2D eigenvalue weighted by atomic mass is 32.2. The van der Waals surface area contributed by atoms with E-state index in [1.807, 2.05) is 32.0 Å². The molecule has 2 aromatic carbocycles. The van der Waals surface area contributed by atoms with Crippen LogP contribution in [0.3, 0.4) is 0 Å². The molecule has 0 radical (unpaired) electrons. The van der Waals surface area contributed by atoms with Gasteiger partial charge in [0.15, 0.2) is 0 Å². The molecule has 1 amide bonds. The van der Waals surface area contributed by atoms with Gasteiger partial charge in [0.1, 0.15) is 0 Å². The SMILES string of the molecule is Cc1ccc(C)c([C@@H](C)NC(=O)[C@H](C)SCc2ccccc2)c1. The fraction of sp³-hybridized carbons (Fsp3) is 0.350. The third-order valence-electron chi connectivity index (χ3n) is 3.97. The van der Waals surface area contributed by atoms with E-state index in [1.54, 1.807) is 11.8 Å². The predicted octanol–water partition coefficient (Wildman–Crippen LogP) is 4.80. The van der Waals surface area contributed by atoms with Crippen LogP contribution in [0.2, 0.25) is 0 Å². The van der Waals surface area contributed by atoms with Gasteiger partial charge in [0, 0.05) is 5.75 Å². The summed E-state index contributed by atoms with van der Waals surface area (Å²) in [6.45, 7) is 8.19. The molecule has 23 heavy (non-hydrogen) atoms. The Kier molecular flexibility index (Phi) is 6.28. The van der Waals surface area contributed by atoms with Gasteiger partial charge in [-0.25, -0.2) is 0 Å². The number of hydrogen-bond donors (Lipinski definition) is 1. The summed E-state index contributed by atoms with van der Waals surface area (Å²) in [6, 6.07) is 16.7. The fourth-order valence-corrected chi connectivity index (χ4v) is 3.36. The molecule has 122 valence electrons. The highest BCUT2D eigenvalue weighted by Gasteiger charge is 2.17. The number of aryl methyl sites for hydroxylation is 2. The average Bonchev–Trinajstić information content (AvgIpc) is 2.55. The zero-order chi connectivity index (χ0) is 16.8. The molecule has 2 atom stereocenters. The highest BCUT2D eigenvalue weighted by Crippen LogP contribution is 2.21. The first-order chi connectivity index (χ1) is 11.0. The van der Waals surface area contributed by atoms with Crippen molar-refractivity contribution in [1.29, 1.82) is 0 Å². The van der Waals surface area contributed by atoms with E-state index in [0.29, 0.717) is 0 Å². The van der Waals surface area contributed by atoms with Gasteiger partial charge in [-0.05, 0) is 44.4 Å². The predicted molar refractivity (Wildman–Crippen MR) is 99.7 cm³/mol. The van der Waals surface area contributed by atoms with E-state index >= 15 is 0 Å². The first-order valence-electron chi connectivity index (χ1n) is 8.00. The molecule has 3 heteroatoms. The van der Waals surface area contributed by atoms with Crippen LogP contribution in [-0.2, 0) is 10.5 Å². The first-order valence-corrected chi connectivity index (χ1v) is 9.05. The minimum atomic E-state index is -0.0669. The molecule has 0 aliphatic carbocycles. The van der Waals surface area contributed by atoms with Crippen molar-refractivity contribution in [2.24, 2.45) is 0 Å². The van der Waals surface area contributed by atoms with Gasteiger partial charge in [-0.15, -0.1) is 11.8 Å². The van der Waals surface area contributed by atoms with Crippen molar-refractivity contribution in [3.8, 4) is 0 Å². The van der Waals surface area contributed by atoms with Crippen molar-refractivity contribution < 1.29 is 4.79 Å². The molecule has 1 N–H and O–H groups in total. The second kappa shape index (κ2) is 8.21. The van der Waals surface area contributed by atoms with Crippen LogP contribution >= 0.6 is 11.8 Å². The van der Waals surface area contributed by atoms with Gasteiger partial charge >= 0.3 is 0 Å². The maximum Gasteiger partial charge on any atom is 0.233 e. The molecular formula is C20H25NOS. The number of carbonyl (C=O) groups excluding carboxylic acids is 1. The van der Waals surface area contributed by atoms with Gasteiger partial charge in [-0.2, -0.15) is 0 Å². The van der Waals surface area contributed by atoms with Crippen LogP contribution in [0.15, 0.2) is 48.5 Å². The Morgan fingerprint density at radius 1 is 1.09 bits per heavy atom. The lowest BCUT2D eigenvalue weighted by atomic mass is 10.00. The van der Waals surface area contributed by atoms with Crippen LogP contribution in [0.5, 0.6) is 0 Å². The van der Waals surface area contributed by atoms with Crippen molar-refractivity contribution in [3.05, 3.63) is 70.8 Å². The number of amides is 1. The van der Waals surface area contributed by atoms with Crippen molar-refractivity contribution in [1.82, 2.24) is 5.32 Å². The molecule has 2 rings (SSSR count). The molecule has 0 aliphatic heterocycles. The summed E-state index contributed by atoms with van der Waals surface area (Å²) in [4.78, 5) is 12.4. The normalized spacial score (nSPS) is 13.4. The molecule has 0 heterocycles. The molecule has 0 aromatic heterocycles. The lowest BCUT2D eigenvalue weighted by Crippen LogP contribution is -2.33.